The summed E-state index contributed by atoms with van der Waals surface area (Å²) in [6.45, 7) is 4.76. The van der Waals surface area contributed by atoms with Crippen LogP contribution in [0, 0.1) is 0 Å². The lowest BCUT2D eigenvalue weighted by atomic mass is 9.81. The molecule has 10 aromatic carbocycles. The first kappa shape index (κ1) is 38.5. The Balaban J connectivity index is 0.962. The quantitative estimate of drug-likeness (QED) is 0.148. The molecule has 12 rings (SSSR count). The van der Waals surface area contributed by atoms with E-state index < -0.39 is 0 Å². The molecule has 0 fully saturated rings. The molecule has 2 heteroatoms. The Morgan fingerprint density at radius 3 is 1.54 bits per heavy atom. The fourth-order valence-corrected chi connectivity index (χ4v) is 10.5. The van der Waals surface area contributed by atoms with Crippen LogP contribution in [0.1, 0.15) is 25.0 Å². The Labute approximate surface area is 381 Å². The SMILES string of the molecule is CC1(C)c2ccccc2-c2cccc(-n3c4ccccc4c4c(-c5cccc(-c6cccc(N(c7ccc(-c8ccccc8)cc7)c7ccc(-c8ccccc8)cc7)c6)c5)cccc43)c21. The Bertz CT molecular complexity index is 3460. The molecule has 0 radical (unpaired) electrons. The average Bonchev–Trinajstić information content (AvgIpc) is 3.84. The van der Waals surface area contributed by atoms with E-state index in [1.54, 1.807) is 0 Å². The van der Waals surface area contributed by atoms with E-state index in [9.17, 15) is 0 Å². The summed E-state index contributed by atoms with van der Waals surface area (Å²) >= 11 is 0. The molecule has 0 unspecified atom stereocenters. The van der Waals surface area contributed by atoms with Crippen LogP contribution in [-0.4, -0.2) is 4.57 Å². The van der Waals surface area contributed by atoms with Crippen molar-refractivity contribution in [2.24, 2.45) is 0 Å². The van der Waals surface area contributed by atoms with Gasteiger partial charge in [0.1, 0.15) is 0 Å². The summed E-state index contributed by atoms with van der Waals surface area (Å²) in [7, 11) is 0. The summed E-state index contributed by atoms with van der Waals surface area (Å²) < 4.78 is 2.52. The molecule has 1 aliphatic rings. The third-order valence-corrected chi connectivity index (χ3v) is 13.6. The lowest BCUT2D eigenvalue weighted by molar-refractivity contribution is 0.656. The van der Waals surface area contributed by atoms with Gasteiger partial charge in [0.25, 0.3) is 0 Å². The molecule has 0 spiro atoms. The molecule has 65 heavy (non-hydrogen) atoms. The van der Waals surface area contributed by atoms with E-state index >= 15 is 0 Å². The zero-order valence-electron chi connectivity index (χ0n) is 36.5. The molecule has 0 aliphatic heterocycles. The van der Waals surface area contributed by atoms with Crippen molar-refractivity contribution in [3.8, 4) is 61.3 Å². The maximum absolute atomic E-state index is 2.52. The van der Waals surface area contributed by atoms with Crippen LogP contribution in [-0.2, 0) is 5.41 Å². The topological polar surface area (TPSA) is 8.17 Å². The number of aromatic nitrogens is 1. The number of para-hydroxylation sites is 1. The molecule has 0 bridgehead atoms. The minimum atomic E-state index is -0.145. The Hall–Kier alpha value is -8.20. The second-order valence-corrected chi connectivity index (χ2v) is 17.7. The van der Waals surface area contributed by atoms with Crippen LogP contribution in [0.2, 0.25) is 0 Å². The summed E-state index contributed by atoms with van der Waals surface area (Å²) in [5.41, 5.74) is 21.8. The molecule has 1 heterocycles. The fourth-order valence-electron chi connectivity index (χ4n) is 10.5. The maximum Gasteiger partial charge on any atom is 0.0547 e. The monoisotopic (exact) mass is 830 g/mol. The first-order chi connectivity index (χ1) is 32.0. The van der Waals surface area contributed by atoms with Crippen molar-refractivity contribution in [3.63, 3.8) is 0 Å². The second-order valence-electron chi connectivity index (χ2n) is 17.7. The van der Waals surface area contributed by atoms with E-state index in [4.69, 9.17) is 0 Å². The van der Waals surface area contributed by atoms with Gasteiger partial charge in [0, 0.05) is 33.2 Å². The van der Waals surface area contributed by atoms with Gasteiger partial charge in [-0.3, -0.25) is 0 Å². The Morgan fingerprint density at radius 1 is 0.338 bits per heavy atom. The van der Waals surface area contributed by atoms with Crippen LogP contribution >= 0.6 is 0 Å². The number of hydrogen-bond donors (Lipinski definition) is 0. The van der Waals surface area contributed by atoms with Gasteiger partial charge in [-0.15, -0.1) is 0 Å². The molecule has 308 valence electrons. The molecular formula is C63H46N2. The standard InChI is InChI=1S/C63H46N2/c1-63(2)57-29-11-9-25-54(57)55-28-16-32-60(62(55)63)65-58-30-12-10-26-56(58)61-53(27-15-31-59(61)65)49-23-13-21-47(41-49)48-22-14-24-52(42-48)64(50-37-33-45(34-38-50)43-17-5-3-6-18-43)51-39-35-46(36-40-51)44-19-7-4-8-20-44/h3-42H,1-2H3. The number of hydrogen-bond acceptors (Lipinski definition) is 1. The van der Waals surface area contributed by atoms with Gasteiger partial charge in [-0.1, -0.05) is 196 Å². The van der Waals surface area contributed by atoms with Crippen LogP contribution in [0.4, 0.5) is 17.1 Å². The predicted octanol–water partition coefficient (Wildman–Crippen LogP) is 17.2. The summed E-state index contributed by atoms with van der Waals surface area (Å²) in [6.07, 6.45) is 0. The Morgan fingerprint density at radius 2 is 0.831 bits per heavy atom. The molecule has 1 aromatic heterocycles. The number of rotatable bonds is 8. The summed E-state index contributed by atoms with van der Waals surface area (Å²) in [5.74, 6) is 0. The van der Waals surface area contributed by atoms with Crippen molar-refractivity contribution in [2.45, 2.75) is 19.3 Å². The van der Waals surface area contributed by atoms with E-state index in [0.717, 1.165) is 22.6 Å². The van der Waals surface area contributed by atoms with Gasteiger partial charge in [-0.05, 0) is 127 Å². The van der Waals surface area contributed by atoms with Crippen LogP contribution in [0.5, 0.6) is 0 Å². The van der Waals surface area contributed by atoms with Crippen LogP contribution in [0.25, 0.3) is 83.1 Å². The van der Waals surface area contributed by atoms with Crippen molar-refractivity contribution >= 4 is 38.9 Å². The predicted molar refractivity (Wildman–Crippen MR) is 275 cm³/mol. The van der Waals surface area contributed by atoms with E-state index in [1.165, 1.54) is 88.7 Å². The van der Waals surface area contributed by atoms with Gasteiger partial charge >= 0.3 is 0 Å². The molecule has 0 atom stereocenters. The van der Waals surface area contributed by atoms with Gasteiger partial charge in [0.15, 0.2) is 0 Å². The maximum atomic E-state index is 2.52. The third-order valence-electron chi connectivity index (χ3n) is 13.6. The van der Waals surface area contributed by atoms with Crippen molar-refractivity contribution in [1.29, 1.82) is 0 Å². The minimum Gasteiger partial charge on any atom is -0.310 e. The van der Waals surface area contributed by atoms with E-state index in [-0.39, 0.29) is 5.41 Å². The van der Waals surface area contributed by atoms with E-state index in [2.05, 4.69) is 266 Å². The van der Waals surface area contributed by atoms with Crippen molar-refractivity contribution < 1.29 is 0 Å². The van der Waals surface area contributed by atoms with E-state index in [1.807, 2.05) is 0 Å². The number of anilines is 3. The summed E-state index contributed by atoms with van der Waals surface area (Å²) in [4.78, 5) is 2.37. The van der Waals surface area contributed by atoms with Crippen LogP contribution < -0.4 is 4.90 Å². The van der Waals surface area contributed by atoms with Crippen LogP contribution in [0.15, 0.2) is 243 Å². The molecule has 0 amide bonds. The highest BCUT2D eigenvalue weighted by molar-refractivity contribution is 6.16. The molecule has 2 nitrogen and oxygen atoms in total. The molecule has 1 aliphatic carbocycles. The number of benzene rings is 10. The first-order valence-corrected chi connectivity index (χ1v) is 22.6. The smallest absolute Gasteiger partial charge is 0.0547 e. The highest BCUT2D eigenvalue weighted by Crippen LogP contribution is 2.52. The van der Waals surface area contributed by atoms with Crippen molar-refractivity contribution in [2.75, 3.05) is 4.90 Å². The first-order valence-electron chi connectivity index (χ1n) is 22.6. The van der Waals surface area contributed by atoms with Crippen molar-refractivity contribution in [1.82, 2.24) is 4.57 Å². The minimum absolute atomic E-state index is 0.145. The molecular weight excluding hydrogens is 785 g/mol. The highest BCUT2D eigenvalue weighted by atomic mass is 15.1. The summed E-state index contributed by atoms with van der Waals surface area (Å²) in [6, 6.07) is 88.6. The Kier molecular flexibility index (Phi) is 9.21. The molecule has 0 saturated carbocycles. The fraction of sp³-hybridized carbons (Fsp3) is 0.0476. The molecule has 11 aromatic rings. The van der Waals surface area contributed by atoms with Gasteiger partial charge < -0.3 is 9.47 Å². The third kappa shape index (κ3) is 6.49. The zero-order chi connectivity index (χ0) is 43.5. The number of nitrogens with zero attached hydrogens (tertiary/aromatic N) is 2. The van der Waals surface area contributed by atoms with Gasteiger partial charge in [0.05, 0.1) is 16.7 Å². The molecule has 0 saturated heterocycles. The van der Waals surface area contributed by atoms with Gasteiger partial charge in [-0.25, -0.2) is 0 Å². The highest BCUT2D eigenvalue weighted by Gasteiger charge is 2.38. The molecule has 0 N–H and O–H groups in total. The average molecular weight is 831 g/mol. The lowest BCUT2D eigenvalue weighted by Gasteiger charge is -2.26. The van der Waals surface area contributed by atoms with Crippen molar-refractivity contribution in [3.05, 3.63) is 254 Å². The van der Waals surface area contributed by atoms with Crippen LogP contribution in [0.3, 0.4) is 0 Å². The second kappa shape index (κ2) is 15.6. The zero-order valence-corrected chi connectivity index (χ0v) is 36.5. The largest absolute Gasteiger partial charge is 0.310 e. The lowest BCUT2D eigenvalue weighted by Crippen LogP contribution is -2.17. The van der Waals surface area contributed by atoms with E-state index in [0.29, 0.717) is 0 Å². The van der Waals surface area contributed by atoms with Gasteiger partial charge in [-0.2, -0.15) is 0 Å². The summed E-state index contributed by atoms with van der Waals surface area (Å²) in [5, 5.41) is 2.52. The normalized spacial score (nSPS) is 12.6. The number of fused-ring (bicyclic) bond motifs is 6. The van der Waals surface area contributed by atoms with Gasteiger partial charge in [0.2, 0.25) is 0 Å².